The maximum absolute atomic E-state index is 8.64. The zero-order chi connectivity index (χ0) is 10.1. The van der Waals surface area contributed by atoms with Crippen LogP contribution in [0.1, 0.15) is 11.8 Å². The molecule has 4 heteroatoms. The van der Waals surface area contributed by atoms with Crippen molar-refractivity contribution in [3.05, 3.63) is 34.2 Å². The highest BCUT2D eigenvalue weighted by molar-refractivity contribution is 7.21. The summed E-state index contributed by atoms with van der Waals surface area (Å²) < 4.78 is 1.03. The second kappa shape index (κ2) is 3.59. The fourth-order valence-electron chi connectivity index (χ4n) is 1.26. The monoisotopic (exact) mass is 225 g/mol. The zero-order valence-electron chi connectivity index (χ0n) is 7.49. The third kappa shape index (κ3) is 1.49. The molecule has 0 saturated heterocycles. The lowest BCUT2D eigenvalue weighted by atomic mass is 10.2. The Morgan fingerprint density at radius 3 is 2.93 bits per heavy atom. The standard InChI is InChI=1S/C10H8ClNOS/c1-6(12-13)9-5-7-3-2-4-8(11)10(7)14-9/h2-5,13H,1H3/b12-6+. The molecule has 14 heavy (non-hydrogen) atoms. The third-order valence-electron chi connectivity index (χ3n) is 2.00. The summed E-state index contributed by atoms with van der Waals surface area (Å²) >= 11 is 7.56. The van der Waals surface area contributed by atoms with E-state index in [1.54, 1.807) is 6.92 Å². The van der Waals surface area contributed by atoms with Crippen molar-refractivity contribution in [3.63, 3.8) is 0 Å². The van der Waals surface area contributed by atoms with Gasteiger partial charge in [-0.05, 0) is 24.4 Å². The molecule has 0 fully saturated rings. The van der Waals surface area contributed by atoms with E-state index in [1.807, 2.05) is 24.3 Å². The molecule has 0 spiro atoms. The summed E-state index contributed by atoms with van der Waals surface area (Å²) in [6.07, 6.45) is 0. The Kier molecular flexibility index (Phi) is 2.44. The first kappa shape index (κ1) is 9.49. The number of hydrogen-bond donors (Lipinski definition) is 1. The van der Waals surface area contributed by atoms with E-state index in [1.165, 1.54) is 11.3 Å². The van der Waals surface area contributed by atoms with E-state index >= 15 is 0 Å². The fraction of sp³-hybridized carbons (Fsp3) is 0.100. The lowest BCUT2D eigenvalue weighted by Crippen LogP contribution is -1.87. The highest BCUT2D eigenvalue weighted by Crippen LogP contribution is 2.31. The molecule has 0 aliphatic heterocycles. The first-order chi connectivity index (χ1) is 6.72. The van der Waals surface area contributed by atoms with Gasteiger partial charge in [0.05, 0.1) is 20.3 Å². The maximum atomic E-state index is 8.64. The minimum atomic E-state index is 0.613. The van der Waals surface area contributed by atoms with Crippen molar-refractivity contribution in [2.75, 3.05) is 0 Å². The highest BCUT2D eigenvalue weighted by Gasteiger charge is 2.06. The minimum absolute atomic E-state index is 0.613. The third-order valence-corrected chi connectivity index (χ3v) is 3.72. The second-order valence-corrected chi connectivity index (χ2v) is 4.41. The Morgan fingerprint density at radius 2 is 2.29 bits per heavy atom. The Morgan fingerprint density at radius 1 is 1.50 bits per heavy atom. The van der Waals surface area contributed by atoms with E-state index in [4.69, 9.17) is 16.8 Å². The molecule has 1 aromatic heterocycles. The lowest BCUT2D eigenvalue weighted by molar-refractivity contribution is 0.319. The zero-order valence-corrected chi connectivity index (χ0v) is 9.06. The maximum Gasteiger partial charge on any atom is 0.0936 e. The van der Waals surface area contributed by atoms with Gasteiger partial charge in [0.2, 0.25) is 0 Å². The first-order valence-corrected chi connectivity index (χ1v) is 5.29. The van der Waals surface area contributed by atoms with Crippen LogP contribution in [0.5, 0.6) is 0 Å². The number of fused-ring (bicyclic) bond motifs is 1. The lowest BCUT2D eigenvalue weighted by Gasteiger charge is -1.89. The quantitative estimate of drug-likeness (QED) is 0.448. The summed E-state index contributed by atoms with van der Waals surface area (Å²) in [5.41, 5.74) is 0.613. The Balaban J connectivity index is 2.68. The Bertz CT molecular complexity index is 504. The molecule has 0 atom stereocenters. The number of hydrogen-bond acceptors (Lipinski definition) is 3. The molecule has 1 heterocycles. The van der Waals surface area contributed by atoms with Crippen molar-refractivity contribution in [1.29, 1.82) is 0 Å². The van der Waals surface area contributed by atoms with Gasteiger partial charge in [0.25, 0.3) is 0 Å². The average Bonchev–Trinajstić information content (AvgIpc) is 2.62. The summed E-state index contributed by atoms with van der Waals surface area (Å²) in [7, 11) is 0. The van der Waals surface area contributed by atoms with Gasteiger partial charge in [-0.25, -0.2) is 0 Å². The van der Waals surface area contributed by atoms with E-state index in [0.717, 1.165) is 20.0 Å². The molecule has 0 saturated carbocycles. The Labute approximate surface area is 90.4 Å². The van der Waals surface area contributed by atoms with Crippen LogP contribution in [-0.2, 0) is 0 Å². The van der Waals surface area contributed by atoms with Crippen molar-refractivity contribution in [2.45, 2.75) is 6.92 Å². The molecule has 0 aliphatic rings. The minimum Gasteiger partial charge on any atom is -0.411 e. The van der Waals surface area contributed by atoms with Crippen LogP contribution in [0.4, 0.5) is 0 Å². The SMILES string of the molecule is C/C(=N\O)c1cc2cccc(Cl)c2s1. The van der Waals surface area contributed by atoms with E-state index in [2.05, 4.69) is 5.16 Å². The first-order valence-electron chi connectivity index (χ1n) is 4.09. The van der Waals surface area contributed by atoms with Crippen LogP contribution in [0.25, 0.3) is 10.1 Å². The number of halogens is 1. The van der Waals surface area contributed by atoms with Crippen molar-refractivity contribution in [3.8, 4) is 0 Å². The molecular weight excluding hydrogens is 218 g/mol. The predicted octanol–water partition coefficient (Wildman–Crippen LogP) is 3.75. The van der Waals surface area contributed by atoms with Gasteiger partial charge >= 0.3 is 0 Å². The molecule has 0 amide bonds. The molecule has 0 radical (unpaired) electrons. The van der Waals surface area contributed by atoms with Crippen molar-refractivity contribution in [2.24, 2.45) is 5.16 Å². The molecule has 2 nitrogen and oxygen atoms in total. The van der Waals surface area contributed by atoms with Crippen LogP contribution < -0.4 is 0 Å². The summed E-state index contributed by atoms with van der Waals surface area (Å²) in [5, 5.41) is 13.6. The van der Waals surface area contributed by atoms with Crippen LogP contribution in [0.2, 0.25) is 5.02 Å². The fourth-order valence-corrected chi connectivity index (χ4v) is 2.56. The molecule has 1 aromatic carbocycles. The van der Waals surface area contributed by atoms with Crippen molar-refractivity contribution < 1.29 is 5.21 Å². The predicted molar refractivity (Wildman–Crippen MR) is 60.8 cm³/mol. The molecular formula is C10H8ClNOS. The van der Waals surface area contributed by atoms with Crippen LogP contribution in [0, 0.1) is 0 Å². The normalized spacial score (nSPS) is 12.3. The molecule has 2 rings (SSSR count). The van der Waals surface area contributed by atoms with Gasteiger partial charge in [-0.1, -0.05) is 28.9 Å². The molecule has 0 aliphatic carbocycles. The van der Waals surface area contributed by atoms with Gasteiger partial charge in [-0.2, -0.15) is 0 Å². The number of thiophene rings is 1. The number of oxime groups is 1. The van der Waals surface area contributed by atoms with Gasteiger partial charge in [-0.15, -0.1) is 11.3 Å². The number of nitrogens with zero attached hydrogens (tertiary/aromatic N) is 1. The largest absolute Gasteiger partial charge is 0.411 e. The summed E-state index contributed by atoms with van der Waals surface area (Å²) in [5.74, 6) is 0. The summed E-state index contributed by atoms with van der Waals surface area (Å²) in [6.45, 7) is 1.76. The molecule has 2 aromatic rings. The van der Waals surface area contributed by atoms with Crippen LogP contribution in [0.15, 0.2) is 29.4 Å². The smallest absolute Gasteiger partial charge is 0.0936 e. The number of rotatable bonds is 1. The highest BCUT2D eigenvalue weighted by atomic mass is 35.5. The van der Waals surface area contributed by atoms with E-state index in [0.29, 0.717) is 5.71 Å². The number of benzene rings is 1. The van der Waals surface area contributed by atoms with Gasteiger partial charge in [0, 0.05) is 0 Å². The Hall–Kier alpha value is -1.06. The van der Waals surface area contributed by atoms with E-state index < -0.39 is 0 Å². The molecule has 0 unspecified atom stereocenters. The topological polar surface area (TPSA) is 32.6 Å². The van der Waals surface area contributed by atoms with E-state index in [9.17, 15) is 0 Å². The van der Waals surface area contributed by atoms with Crippen LogP contribution in [0.3, 0.4) is 0 Å². The van der Waals surface area contributed by atoms with Gasteiger partial charge in [0.1, 0.15) is 0 Å². The summed E-state index contributed by atoms with van der Waals surface area (Å²) in [6, 6.07) is 7.73. The van der Waals surface area contributed by atoms with Crippen molar-refractivity contribution >= 4 is 38.7 Å². The van der Waals surface area contributed by atoms with Gasteiger partial charge in [0.15, 0.2) is 0 Å². The van der Waals surface area contributed by atoms with Gasteiger partial charge < -0.3 is 5.21 Å². The average molecular weight is 226 g/mol. The molecule has 0 bridgehead atoms. The van der Waals surface area contributed by atoms with Crippen LogP contribution in [-0.4, -0.2) is 10.9 Å². The van der Waals surface area contributed by atoms with Crippen molar-refractivity contribution in [1.82, 2.24) is 0 Å². The van der Waals surface area contributed by atoms with Crippen LogP contribution >= 0.6 is 22.9 Å². The van der Waals surface area contributed by atoms with Gasteiger partial charge in [-0.3, -0.25) is 0 Å². The second-order valence-electron chi connectivity index (χ2n) is 2.95. The summed E-state index contributed by atoms with van der Waals surface area (Å²) in [4.78, 5) is 0.940. The molecule has 1 N–H and O–H groups in total. The molecule has 72 valence electrons. The van der Waals surface area contributed by atoms with E-state index in [-0.39, 0.29) is 0 Å².